The van der Waals surface area contributed by atoms with Crippen molar-refractivity contribution in [3.63, 3.8) is 0 Å². The zero-order valence-corrected chi connectivity index (χ0v) is 15.0. The summed E-state index contributed by atoms with van der Waals surface area (Å²) in [6.07, 6.45) is 8.12. The van der Waals surface area contributed by atoms with Crippen molar-refractivity contribution >= 4 is 21.8 Å². The average Bonchev–Trinajstić information content (AvgIpc) is 3.04. The summed E-state index contributed by atoms with van der Waals surface area (Å²) in [6, 6.07) is 7.66. The average molecular weight is 390 g/mol. The molecule has 0 aliphatic heterocycles. The normalized spacial score (nSPS) is 14.3. The van der Waals surface area contributed by atoms with Crippen molar-refractivity contribution in [2.75, 3.05) is 6.54 Å². The van der Waals surface area contributed by atoms with Gasteiger partial charge in [-0.3, -0.25) is 4.79 Å². The van der Waals surface area contributed by atoms with Gasteiger partial charge in [0.15, 0.2) is 0 Å². The zero-order valence-electron chi connectivity index (χ0n) is 13.4. The number of carbonyl (C=O) groups is 1. The molecule has 1 N–H and O–H groups in total. The van der Waals surface area contributed by atoms with Crippen LogP contribution in [0.5, 0.6) is 0 Å². The highest BCUT2D eigenvalue weighted by molar-refractivity contribution is 9.10. The van der Waals surface area contributed by atoms with E-state index in [1.165, 1.54) is 29.6 Å². The summed E-state index contributed by atoms with van der Waals surface area (Å²) in [6.45, 7) is 0.743. The van der Waals surface area contributed by atoms with Crippen LogP contribution in [0.25, 0.3) is 11.4 Å². The number of allylic oxidation sites excluding steroid dienone is 1. The topological polar surface area (TPSA) is 72.7 Å². The Bertz CT molecular complexity index is 740. The van der Waals surface area contributed by atoms with E-state index in [-0.39, 0.29) is 12.5 Å². The van der Waals surface area contributed by atoms with Crippen LogP contribution in [0.15, 0.2) is 40.4 Å². The number of hydrogen-bond donors (Lipinski definition) is 1. The third-order valence-electron chi connectivity index (χ3n) is 4.01. The van der Waals surface area contributed by atoms with Gasteiger partial charge in [0.05, 0.1) is 0 Å². The first-order valence-corrected chi connectivity index (χ1v) is 8.99. The number of amides is 1. The van der Waals surface area contributed by atoms with Gasteiger partial charge in [0.25, 0.3) is 0 Å². The van der Waals surface area contributed by atoms with E-state index in [0.717, 1.165) is 22.9 Å². The molecule has 0 fully saturated rings. The van der Waals surface area contributed by atoms with Gasteiger partial charge in [-0.1, -0.05) is 39.7 Å². The molecule has 1 aromatic carbocycles. The highest BCUT2D eigenvalue weighted by atomic mass is 79.9. The van der Waals surface area contributed by atoms with Gasteiger partial charge in [0.1, 0.15) is 6.54 Å². The molecule has 0 unspecified atom stereocenters. The second-order valence-corrected chi connectivity index (χ2v) is 6.69. The van der Waals surface area contributed by atoms with Crippen LogP contribution in [0.3, 0.4) is 0 Å². The maximum absolute atomic E-state index is 12.0. The van der Waals surface area contributed by atoms with Crippen molar-refractivity contribution in [1.82, 2.24) is 25.5 Å². The number of hydrogen-bond acceptors (Lipinski definition) is 4. The van der Waals surface area contributed by atoms with Crippen molar-refractivity contribution in [2.24, 2.45) is 0 Å². The molecule has 0 atom stereocenters. The lowest BCUT2D eigenvalue weighted by Gasteiger charge is -2.12. The molecule has 7 heteroatoms. The molecular weight excluding hydrogens is 370 g/mol. The molecule has 1 heterocycles. The van der Waals surface area contributed by atoms with Crippen LogP contribution in [0.4, 0.5) is 0 Å². The standard InChI is InChI=1S/C17H20BrN5O/c18-15-9-5-4-8-14(15)17-20-22-23(21-17)12-16(24)19-11-10-13-6-2-1-3-7-13/h4-6,8-9H,1-3,7,10-12H2,(H,19,24). The minimum atomic E-state index is -0.0949. The molecule has 0 radical (unpaired) electrons. The second kappa shape index (κ2) is 8.19. The number of benzene rings is 1. The maximum Gasteiger partial charge on any atom is 0.243 e. The molecule has 1 aliphatic rings. The molecule has 3 rings (SSSR count). The van der Waals surface area contributed by atoms with E-state index in [1.807, 2.05) is 24.3 Å². The second-order valence-electron chi connectivity index (χ2n) is 5.83. The lowest BCUT2D eigenvalue weighted by Crippen LogP contribution is -2.29. The van der Waals surface area contributed by atoms with Crippen molar-refractivity contribution in [3.05, 3.63) is 40.4 Å². The van der Waals surface area contributed by atoms with Crippen LogP contribution in [0, 0.1) is 0 Å². The van der Waals surface area contributed by atoms with Crippen LogP contribution in [0.1, 0.15) is 32.1 Å². The van der Waals surface area contributed by atoms with Crippen molar-refractivity contribution in [3.8, 4) is 11.4 Å². The van der Waals surface area contributed by atoms with E-state index in [4.69, 9.17) is 0 Å². The molecule has 0 saturated heterocycles. The summed E-state index contributed by atoms with van der Waals surface area (Å²) < 4.78 is 0.898. The van der Waals surface area contributed by atoms with Gasteiger partial charge < -0.3 is 5.32 Å². The summed E-state index contributed by atoms with van der Waals surface area (Å²) in [7, 11) is 0. The minimum Gasteiger partial charge on any atom is -0.354 e. The van der Waals surface area contributed by atoms with Gasteiger partial charge in [0.2, 0.25) is 11.7 Å². The Hall–Kier alpha value is -2.02. The quantitative estimate of drug-likeness (QED) is 0.770. The summed E-state index contributed by atoms with van der Waals surface area (Å²) >= 11 is 3.46. The highest BCUT2D eigenvalue weighted by Crippen LogP contribution is 2.24. The Morgan fingerprint density at radius 3 is 2.96 bits per heavy atom. The Morgan fingerprint density at radius 1 is 1.29 bits per heavy atom. The third-order valence-corrected chi connectivity index (χ3v) is 4.70. The minimum absolute atomic E-state index is 0.0799. The van der Waals surface area contributed by atoms with E-state index in [0.29, 0.717) is 12.4 Å². The number of carbonyl (C=O) groups excluding carboxylic acids is 1. The van der Waals surface area contributed by atoms with Crippen LogP contribution in [0.2, 0.25) is 0 Å². The van der Waals surface area contributed by atoms with Crippen LogP contribution in [-0.2, 0) is 11.3 Å². The van der Waals surface area contributed by atoms with Crippen LogP contribution < -0.4 is 5.32 Å². The smallest absolute Gasteiger partial charge is 0.243 e. The monoisotopic (exact) mass is 389 g/mol. The van der Waals surface area contributed by atoms with Gasteiger partial charge in [-0.2, -0.15) is 4.80 Å². The third kappa shape index (κ3) is 4.50. The summed E-state index contributed by atoms with van der Waals surface area (Å²) in [4.78, 5) is 13.3. The Kier molecular flexibility index (Phi) is 5.74. The van der Waals surface area contributed by atoms with Crippen molar-refractivity contribution in [1.29, 1.82) is 0 Å². The predicted octanol–water partition coefficient (Wildman–Crippen LogP) is 3.11. The van der Waals surface area contributed by atoms with Crippen LogP contribution in [-0.4, -0.2) is 32.7 Å². The first-order chi connectivity index (χ1) is 11.7. The molecule has 126 valence electrons. The van der Waals surface area contributed by atoms with E-state index in [9.17, 15) is 4.79 Å². The molecule has 1 aliphatic carbocycles. The fourth-order valence-electron chi connectivity index (χ4n) is 2.74. The highest BCUT2D eigenvalue weighted by Gasteiger charge is 2.11. The number of nitrogens with one attached hydrogen (secondary N) is 1. The molecule has 6 nitrogen and oxygen atoms in total. The Morgan fingerprint density at radius 2 is 2.17 bits per heavy atom. The number of tetrazole rings is 1. The Labute approximate surface area is 149 Å². The lowest BCUT2D eigenvalue weighted by molar-refractivity contribution is -0.122. The zero-order chi connectivity index (χ0) is 16.8. The lowest BCUT2D eigenvalue weighted by atomic mass is 9.97. The van der Waals surface area contributed by atoms with E-state index < -0.39 is 0 Å². The SMILES string of the molecule is O=C(Cn1nnc(-c2ccccc2Br)n1)NCCC1=CCCCC1. The molecule has 0 bridgehead atoms. The predicted molar refractivity (Wildman–Crippen MR) is 95.1 cm³/mol. The Balaban J connectivity index is 1.50. The summed E-state index contributed by atoms with van der Waals surface area (Å²) in [5.41, 5.74) is 2.31. The first-order valence-electron chi connectivity index (χ1n) is 8.20. The molecule has 0 saturated carbocycles. The van der Waals surface area contributed by atoms with E-state index >= 15 is 0 Å². The molecule has 1 amide bonds. The molecule has 2 aromatic rings. The van der Waals surface area contributed by atoms with Gasteiger partial charge in [-0.25, -0.2) is 0 Å². The van der Waals surface area contributed by atoms with E-state index in [1.54, 1.807) is 0 Å². The molecular formula is C17H20BrN5O. The van der Waals surface area contributed by atoms with E-state index in [2.05, 4.69) is 42.7 Å². The van der Waals surface area contributed by atoms with Gasteiger partial charge in [-0.05, 0) is 49.5 Å². The maximum atomic E-state index is 12.0. The number of nitrogens with zero attached hydrogens (tertiary/aromatic N) is 4. The fraction of sp³-hybridized carbons (Fsp3) is 0.412. The van der Waals surface area contributed by atoms with Gasteiger partial charge in [-0.15, -0.1) is 10.2 Å². The van der Waals surface area contributed by atoms with Gasteiger partial charge in [0, 0.05) is 16.6 Å². The van der Waals surface area contributed by atoms with Gasteiger partial charge >= 0.3 is 0 Å². The summed E-state index contributed by atoms with van der Waals surface area (Å²) in [5.74, 6) is 0.408. The van der Waals surface area contributed by atoms with Crippen molar-refractivity contribution < 1.29 is 4.79 Å². The number of aromatic nitrogens is 4. The summed E-state index contributed by atoms with van der Waals surface area (Å²) in [5, 5.41) is 15.2. The number of rotatable bonds is 6. The van der Waals surface area contributed by atoms with Crippen molar-refractivity contribution in [2.45, 2.75) is 38.6 Å². The number of halogens is 1. The fourth-order valence-corrected chi connectivity index (χ4v) is 3.20. The van der Waals surface area contributed by atoms with Crippen LogP contribution >= 0.6 is 15.9 Å². The first kappa shape index (κ1) is 16.8. The molecule has 0 spiro atoms. The molecule has 1 aromatic heterocycles. The molecule has 24 heavy (non-hydrogen) atoms. The largest absolute Gasteiger partial charge is 0.354 e.